The molecule has 2 amide bonds. The van der Waals surface area contributed by atoms with E-state index in [4.69, 9.17) is 11.6 Å². The molecule has 1 saturated carbocycles. The van der Waals surface area contributed by atoms with Crippen LogP contribution in [0.15, 0.2) is 58.7 Å². The molecule has 0 atom stereocenters. The Morgan fingerprint density at radius 3 is 2.73 bits per heavy atom. The third-order valence-electron chi connectivity index (χ3n) is 5.60. The fourth-order valence-corrected chi connectivity index (χ4v) is 4.91. The third-order valence-corrected chi connectivity index (χ3v) is 6.83. The number of anilines is 1. The minimum absolute atomic E-state index is 0.0299. The van der Waals surface area contributed by atoms with E-state index in [1.807, 2.05) is 18.2 Å². The molecule has 0 radical (unpaired) electrons. The van der Waals surface area contributed by atoms with E-state index < -0.39 is 0 Å². The molecule has 0 bridgehead atoms. The van der Waals surface area contributed by atoms with Crippen LogP contribution in [0.2, 0.25) is 5.02 Å². The summed E-state index contributed by atoms with van der Waals surface area (Å²) in [5.74, 6) is -0.143. The number of aliphatic imine (C=N–C) groups is 1. The molecule has 2 N–H and O–H groups in total. The van der Waals surface area contributed by atoms with Gasteiger partial charge in [0.05, 0.1) is 26.6 Å². The Bertz CT molecular complexity index is 1320. The van der Waals surface area contributed by atoms with E-state index in [9.17, 15) is 9.59 Å². The monoisotopic (exact) mass is 477 g/mol. The Balaban J connectivity index is 1.34. The minimum atomic E-state index is -0.236. The first-order valence-electron chi connectivity index (χ1n) is 10.7. The number of amides is 2. The highest BCUT2D eigenvalue weighted by Crippen LogP contribution is 2.33. The molecule has 3 aromatic rings. The van der Waals surface area contributed by atoms with E-state index in [-0.39, 0.29) is 17.7 Å². The number of thioether (sulfide) groups is 1. The van der Waals surface area contributed by atoms with Crippen molar-refractivity contribution in [2.24, 2.45) is 10.9 Å². The van der Waals surface area contributed by atoms with Crippen molar-refractivity contribution in [2.45, 2.75) is 25.7 Å². The van der Waals surface area contributed by atoms with Crippen LogP contribution in [0.4, 0.5) is 11.4 Å². The Kier molecular flexibility index (Phi) is 6.11. The van der Waals surface area contributed by atoms with Crippen LogP contribution in [0.25, 0.3) is 17.1 Å². The number of hydrogen-bond donors (Lipinski definition) is 2. The number of carbonyl (C=O) groups is 2. The predicted molar refractivity (Wildman–Crippen MR) is 132 cm³/mol. The van der Waals surface area contributed by atoms with Crippen molar-refractivity contribution in [3.05, 3.63) is 64.3 Å². The molecular formula is C24H20ClN5O2S. The number of nitrogens with one attached hydrogen (secondary N) is 2. The van der Waals surface area contributed by atoms with E-state index in [1.165, 1.54) is 11.8 Å². The van der Waals surface area contributed by atoms with Crippen molar-refractivity contribution in [3.63, 3.8) is 0 Å². The molecule has 0 spiro atoms. The summed E-state index contributed by atoms with van der Waals surface area (Å²) < 4.78 is 0. The average molecular weight is 478 g/mol. The van der Waals surface area contributed by atoms with Gasteiger partial charge >= 0.3 is 0 Å². The van der Waals surface area contributed by atoms with Gasteiger partial charge in [0.2, 0.25) is 5.91 Å². The van der Waals surface area contributed by atoms with Crippen LogP contribution in [-0.2, 0) is 9.59 Å². The van der Waals surface area contributed by atoms with Crippen LogP contribution >= 0.6 is 23.4 Å². The van der Waals surface area contributed by atoms with Gasteiger partial charge < -0.3 is 10.6 Å². The number of benzene rings is 2. The van der Waals surface area contributed by atoms with E-state index in [0.29, 0.717) is 26.5 Å². The summed E-state index contributed by atoms with van der Waals surface area (Å²) in [5.41, 5.74) is 3.51. The molecule has 2 aromatic carbocycles. The molecule has 1 saturated heterocycles. The lowest BCUT2D eigenvalue weighted by Gasteiger charge is -2.11. The summed E-state index contributed by atoms with van der Waals surface area (Å²) >= 11 is 7.56. The molecule has 9 heteroatoms. The zero-order chi connectivity index (χ0) is 22.8. The highest BCUT2D eigenvalue weighted by molar-refractivity contribution is 8.18. The van der Waals surface area contributed by atoms with Gasteiger partial charge in [-0.25, -0.2) is 4.99 Å². The normalized spacial score (nSPS) is 18.9. The lowest BCUT2D eigenvalue weighted by atomic mass is 10.1. The average Bonchev–Trinajstić information content (AvgIpc) is 3.46. The minimum Gasteiger partial charge on any atom is -0.326 e. The van der Waals surface area contributed by atoms with E-state index in [1.54, 1.807) is 36.7 Å². The number of fused-ring (bicyclic) bond motifs is 1. The number of halogens is 1. The molecule has 166 valence electrons. The summed E-state index contributed by atoms with van der Waals surface area (Å²) in [6.07, 6.45) is 9.11. The quantitative estimate of drug-likeness (QED) is 0.497. The first kappa shape index (κ1) is 21.6. The number of carbonyl (C=O) groups excluding carboxylic acids is 2. The largest absolute Gasteiger partial charge is 0.326 e. The van der Waals surface area contributed by atoms with E-state index in [0.717, 1.165) is 42.3 Å². The van der Waals surface area contributed by atoms with Crippen LogP contribution in [0, 0.1) is 5.92 Å². The predicted octanol–water partition coefficient (Wildman–Crippen LogP) is 5.30. The third kappa shape index (κ3) is 4.91. The Labute approximate surface area is 199 Å². The molecule has 0 unspecified atom stereocenters. The second kappa shape index (κ2) is 9.33. The Hall–Kier alpha value is -3.23. The lowest BCUT2D eigenvalue weighted by molar-refractivity contribution is -0.119. The van der Waals surface area contributed by atoms with Gasteiger partial charge in [0.15, 0.2) is 5.17 Å². The standard InChI is InChI=1S/C24H20ClN5O2S/c25-17-7-6-16(28-22(31)15-3-1-2-4-15)13-19(17)29-24-30-23(32)21(33-24)12-14-5-8-18-20(11-14)27-10-9-26-18/h5-13,15H,1-4H2,(H,28,31)(H,29,30,32)/b21-12+. The number of amidine groups is 1. The fourth-order valence-electron chi connectivity index (χ4n) is 3.92. The first-order chi connectivity index (χ1) is 16.0. The maximum Gasteiger partial charge on any atom is 0.264 e. The van der Waals surface area contributed by atoms with Gasteiger partial charge in [0.1, 0.15) is 0 Å². The summed E-state index contributed by atoms with van der Waals surface area (Å²) in [6, 6.07) is 10.8. The molecule has 2 fully saturated rings. The molecule has 33 heavy (non-hydrogen) atoms. The molecular weight excluding hydrogens is 458 g/mol. The van der Waals surface area contributed by atoms with Gasteiger partial charge in [-0.2, -0.15) is 0 Å². The van der Waals surface area contributed by atoms with Crippen LogP contribution in [-0.4, -0.2) is 26.9 Å². The molecule has 5 rings (SSSR count). The maximum atomic E-state index is 12.5. The van der Waals surface area contributed by atoms with Gasteiger partial charge in [-0.1, -0.05) is 30.5 Å². The van der Waals surface area contributed by atoms with Crippen molar-refractivity contribution < 1.29 is 9.59 Å². The highest BCUT2D eigenvalue weighted by atomic mass is 35.5. The topological polar surface area (TPSA) is 96.3 Å². The lowest BCUT2D eigenvalue weighted by Crippen LogP contribution is -2.20. The van der Waals surface area contributed by atoms with Crippen LogP contribution in [0.5, 0.6) is 0 Å². The highest BCUT2D eigenvalue weighted by Gasteiger charge is 2.25. The summed E-state index contributed by atoms with van der Waals surface area (Å²) in [4.78, 5) is 38.5. The zero-order valence-electron chi connectivity index (χ0n) is 17.5. The van der Waals surface area contributed by atoms with Gasteiger partial charge in [0.25, 0.3) is 5.91 Å². The van der Waals surface area contributed by atoms with Crippen molar-refractivity contribution in [3.8, 4) is 0 Å². The first-order valence-corrected chi connectivity index (χ1v) is 11.9. The maximum absolute atomic E-state index is 12.5. The van der Waals surface area contributed by atoms with Gasteiger partial charge in [-0.3, -0.25) is 19.6 Å². The molecule has 2 heterocycles. The van der Waals surface area contributed by atoms with Crippen LogP contribution in [0.3, 0.4) is 0 Å². The molecule has 2 aliphatic rings. The molecule has 1 aromatic heterocycles. The summed E-state index contributed by atoms with van der Waals surface area (Å²) in [6.45, 7) is 0. The van der Waals surface area contributed by atoms with Crippen LogP contribution in [0.1, 0.15) is 31.2 Å². The SMILES string of the molecule is O=C1NC(=Nc2cc(NC(=O)C3CCCC3)ccc2Cl)S/C1=C/c1ccc2nccnc2c1. The Morgan fingerprint density at radius 2 is 1.91 bits per heavy atom. The second-order valence-electron chi connectivity index (χ2n) is 7.92. The van der Waals surface area contributed by atoms with E-state index >= 15 is 0 Å². The zero-order valence-corrected chi connectivity index (χ0v) is 19.1. The summed E-state index contributed by atoms with van der Waals surface area (Å²) in [5, 5.41) is 6.59. The van der Waals surface area contributed by atoms with Crippen molar-refractivity contribution in [1.29, 1.82) is 0 Å². The van der Waals surface area contributed by atoms with Crippen molar-refractivity contribution in [1.82, 2.24) is 15.3 Å². The van der Waals surface area contributed by atoms with Crippen LogP contribution < -0.4 is 10.6 Å². The van der Waals surface area contributed by atoms with Gasteiger partial charge in [0, 0.05) is 24.0 Å². The second-order valence-corrected chi connectivity index (χ2v) is 9.36. The number of aromatic nitrogens is 2. The van der Waals surface area contributed by atoms with Crippen molar-refractivity contribution in [2.75, 3.05) is 5.32 Å². The van der Waals surface area contributed by atoms with Crippen molar-refractivity contribution >= 4 is 68.8 Å². The number of nitrogens with zero attached hydrogens (tertiary/aromatic N) is 3. The van der Waals surface area contributed by atoms with Gasteiger partial charge in [-0.15, -0.1) is 0 Å². The molecule has 7 nitrogen and oxygen atoms in total. The fraction of sp³-hybridized carbons (Fsp3) is 0.208. The molecule has 1 aliphatic carbocycles. The number of hydrogen-bond acceptors (Lipinski definition) is 6. The van der Waals surface area contributed by atoms with E-state index in [2.05, 4.69) is 25.6 Å². The summed E-state index contributed by atoms with van der Waals surface area (Å²) in [7, 11) is 0. The molecule has 1 aliphatic heterocycles. The Morgan fingerprint density at radius 1 is 1.12 bits per heavy atom. The van der Waals surface area contributed by atoms with Gasteiger partial charge in [-0.05, 0) is 66.6 Å². The number of rotatable bonds is 4. The smallest absolute Gasteiger partial charge is 0.264 e.